The van der Waals surface area contributed by atoms with Gasteiger partial charge < -0.3 is 10.1 Å². The molecular formula is C18H26BrNO. The molecule has 2 aliphatic rings. The van der Waals surface area contributed by atoms with E-state index in [4.69, 9.17) is 4.74 Å². The van der Waals surface area contributed by atoms with Crippen molar-refractivity contribution in [3.8, 4) is 5.75 Å². The Kier molecular flexibility index (Phi) is 4.60. The summed E-state index contributed by atoms with van der Waals surface area (Å²) < 4.78 is 7.68. The van der Waals surface area contributed by atoms with Crippen molar-refractivity contribution in [2.45, 2.75) is 64.0 Å². The largest absolute Gasteiger partial charge is 0.487 e. The molecule has 2 nitrogen and oxygen atoms in total. The first kappa shape index (κ1) is 15.4. The van der Waals surface area contributed by atoms with Crippen molar-refractivity contribution in [3.05, 3.63) is 28.2 Å². The summed E-state index contributed by atoms with van der Waals surface area (Å²) in [5.74, 6) is 1.92. The maximum absolute atomic E-state index is 6.58. The lowest BCUT2D eigenvalue weighted by atomic mass is 9.82. The second-order valence-electron chi connectivity index (χ2n) is 6.82. The Labute approximate surface area is 136 Å². The second kappa shape index (κ2) is 6.29. The molecule has 3 heteroatoms. The van der Waals surface area contributed by atoms with Gasteiger partial charge in [-0.1, -0.05) is 42.3 Å². The van der Waals surface area contributed by atoms with Gasteiger partial charge in [0.25, 0.3) is 0 Å². The predicted molar refractivity (Wildman–Crippen MR) is 90.8 cm³/mol. The Balaban J connectivity index is 1.91. The van der Waals surface area contributed by atoms with E-state index in [1.165, 1.54) is 37.7 Å². The summed E-state index contributed by atoms with van der Waals surface area (Å²) in [4.78, 5) is 0. The molecule has 0 aromatic heterocycles. The molecule has 1 aromatic carbocycles. The smallest absolute Gasteiger partial charge is 0.126 e. The first-order valence-electron chi connectivity index (χ1n) is 8.34. The molecule has 1 heterocycles. The van der Waals surface area contributed by atoms with Gasteiger partial charge in [-0.05, 0) is 50.3 Å². The molecule has 1 aliphatic heterocycles. The van der Waals surface area contributed by atoms with Gasteiger partial charge >= 0.3 is 0 Å². The van der Waals surface area contributed by atoms with Crippen LogP contribution in [0.5, 0.6) is 5.75 Å². The molecule has 1 aliphatic carbocycles. The molecule has 0 saturated heterocycles. The molecule has 116 valence electrons. The molecular weight excluding hydrogens is 326 g/mol. The number of hydrogen-bond donors (Lipinski definition) is 1. The first-order chi connectivity index (χ1) is 10.1. The van der Waals surface area contributed by atoms with Gasteiger partial charge in [0.05, 0.1) is 0 Å². The fourth-order valence-electron chi connectivity index (χ4n) is 3.93. The zero-order valence-electron chi connectivity index (χ0n) is 13.1. The van der Waals surface area contributed by atoms with Gasteiger partial charge in [0.15, 0.2) is 0 Å². The summed E-state index contributed by atoms with van der Waals surface area (Å²) >= 11 is 3.59. The van der Waals surface area contributed by atoms with Crippen molar-refractivity contribution in [1.29, 1.82) is 0 Å². The van der Waals surface area contributed by atoms with Crippen LogP contribution in [0, 0.1) is 5.92 Å². The first-order valence-corrected chi connectivity index (χ1v) is 9.13. The fraction of sp³-hybridized carbons (Fsp3) is 0.667. The van der Waals surface area contributed by atoms with E-state index in [0.29, 0.717) is 6.04 Å². The molecule has 21 heavy (non-hydrogen) atoms. The van der Waals surface area contributed by atoms with Crippen LogP contribution in [0.15, 0.2) is 22.7 Å². The Hall–Kier alpha value is -0.540. The van der Waals surface area contributed by atoms with Gasteiger partial charge in [0.2, 0.25) is 0 Å². The highest BCUT2D eigenvalue weighted by atomic mass is 79.9. The van der Waals surface area contributed by atoms with Gasteiger partial charge in [-0.2, -0.15) is 0 Å². The molecule has 3 rings (SSSR count). The standard InChI is InChI=1S/C18H26BrNO/c1-3-20-16-12-18(9-4-5-13(2)8-10-18)21-17-11-14(19)6-7-15(16)17/h6-7,11,13,16,20H,3-5,8-10,12H2,1-2H3. The van der Waals surface area contributed by atoms with E-state index in [9.17, 15) is 0 Å². The summed E-state index contributed by atoms with van der Waals surface area (Å²) in [7, 11) is 0. The van der Waals surface area contributed by atoms with Crippen LogP contribution in [0.1, 0.15) is 64.0 Å². The van der Waals surface area contributed by atoms with Crippen LogP contribution in [0.2, 0.25) is 0 Å². The SMILES string of the molecule is CCNC1CC2(CCCC(C)CC2)Oc2cc(Br)ccc21. The van der Waals surface area contributed by atoms with Crippen LogP contribution in [-0.2, 0) is 0 Å². The van der Waals surface area contributed by atoms with Crippen LogP contribution in [0.25, 0.3) is 0 Å². The molecule has 1 spiro atoms. The number of rotatable bonds is 2. The lowest BCUT2D eigenvalue weighted by Gasteiger charge is -2.42. The summed E-state index contributed by atoms with van der Waals surface area (Å²) in [5, 5.41) is 3.67. The molecule has 1 aromatic rings. The van der Waals surface area contributed by atoms with Crippen molar-refractivity contribution < 1.29 is 4.74 Å². The zero-order chi connectivity index (χ0) is 14.9. The van der Waals surface area contributed by atoms with Crippen LogP contribution >= 0.6 is 15.9 Å². The van der Waals surface area contributed by atoms with Crippen molar-refractivity contribution >= 4 is 15.9 Å². The Morgan fingerprint density at radius 2 is 2.19 bits per heavy atom. The third-order valence-corrected chi connectivity index (χ3v) is 5.62. The summed E-state index contributed by atoms with van der Waals surface area (Å²) in [5.41, 5.74) is 1.37. The number of benzene rings is 1. The highest BCUT2D eigenvalue weighted by Crippen LogP contribution is 2.46. The van der Waals surface area contributed by atoms with Gasteiger partial charge in [0.1, 0.15) is 11.4 Å². The van der Waals surface area contributed by atoms with E-state index in [1.54, 1.807) is 0 Å². The van der Waals surface area contributed by atoms with E-state index in [1.807, 2.05) is 0 Å². The van der Waals surface area contributed by atoms with E-state index < -0.39 is 0 Å². The van der Waals surface area contributed by atoms with Crippen molar-refractivity contribution in [2.24, 2.45) is 5.92 Å². The van der Waals surface area contributed by atoms with E-state index in [0.717, 1.165) is 29.1 Å². The fourth-order valence-corrected chi connectivity index (χ4v) is 4.27. The van der Waals surface area contributed by atoms with Gasteiger partial charge in [-0.25, -0.2) is 0 Å². The van der Waals surface area contributed by atoms with Crippen LogP contribution in [-0.4, -0.2) is 12.1 Å². The normalized spacial score (nSPS) is 32.3. The molecule has 3 unspecified atom stereocenters. The molecule has 0 bridgehead atoms. The molecule has 3 atom stereocenters. The predicted octanol–water partition coefficient (Wildman–Crippen LogP) is 5.22. The average molecular weight is 352 g/mol. The van der Waals surface area contributed by atoms with Crippen molar-refractivity contribution in [2.75, 3.05) is 6.54 Å². The molecule has 1 N–H and O–H groups in total. The van der Waals surface area contributed by atoms with E-state index >= 15 is 0 Å². The summed E-state index contributed by atoms with van der Waals surface area (Å²) in [6, 6.07) is 6.91. The van der Waals surface area contributed by atoms with Crippen LogP contribution in [0.3, 0.4) is 0 Å². The van der Waals surface area contributed by atoms with Crippen molar-refractivity contribution in [1.82, 2.24) is 5.32 Å². The van der Waals surface area contributed by atoms with Crippen molar-refractivity contribution in [3.63, 3.8) is 0 Å². The summed E-state index contributed by atoms with van der Waals surface area (Å²) in [6.45, 7) is 5.58. The van der Waals surface area contributed by atoms with E-state index in [-0.39, 0.29) is 5.60 Å². The Morgan fingerprint density at radius 1 is 1.33 bits per heavy atom. The quantitative estimate of drug-likeness (QED) is 0.788. The monoisotopic (exact) mass is 351 g/mol. The number of fused-ring (bicyclic) bond motifs is 1. The maximum Gasteiger partial charge on any atom is 0.126 e. The number of nitrogens with one attached hydrogen (secondary N) is 1. The highest BCUT2D eigenvalue weighted by Gasteiger charge is 2.41. The number of hydrogen-bond acceptors (Lipinski definition) is 2. The topological polar surface area (TPSA) is 21.3 Å². The number of ether oxygens (including phenoxy) is 1. The van der Waals surface area contributed by atoms with E-state index in [2.05, 4.69) is 53.3 Å². The van der Waals surface area contributed by atoms with Gasteiger partial charge in [0, 0.05) is 22.5 Å². The molecule has 0 radical (unpaired) electrons. The minimum absolute atomic E-state index is 0.0470. The van der Waals surface area contributed by atoms with Gasteiger partial charge in [-0.15, -0.1) is 0 Å². The zero-order valence-corrected chi connectivity index (χ0v) is 14.7. The van der Waals surface area contributed by atoms with Crippen LogP contribution in [0.4, 0.5) is 0 Å². The third kappa shape index (κ3) is 3.29. The molecule has 1 fully saturated rings. The van der Waals surface area contributed by atoms with Crippen LogP contribution < -0.4 is 10.1 Å². The van der Waals surface area contributed by atoms with Gasteiger partial charge in [-0.3, -0.25) is 0 Å². The lowest BCUT2D eigenvalue weighted by Crippen LogP contribution is -2.44. The maximum atomic E-state index is 6.58. The number of halogens is 1. The molecule has 0 amide bonds. The Morgan fingerprint density at radius 3 is 3.00 bits per heavy atom. The average Bonchev–Trinajstić information content (AvgIpc) is 2.61. The lowest BCUT2D eigenvalue weighted by molar-refractivity contribution is 0.0155. The third-order valence-electron chi connectivity index (χ3n) is 5.13. The second-order valence-corrected chi connectivity index (χ2v) is 7.73. The minimum Gasteiger partial charge on any atom is -0.487 e. The highest BCUT2D eigenvalue weighted by molar-refractivity contribution is 9.10. The Bertz CT molecular complexity index is 504. The molecule has 1 saturated carbocycles. The summed E-state index contributed by atoms with van der Waals surface area (Å²) in [6.07, 6.45) is 7.45. The minimum atomic E-state index is 0.0470.